The van der Waals surface area contributed by atoms with Gasteiger partial charge in [-0.05, 0) is 41.8 Å². The van der Waals surface area contributed by atoms with Crippen LogP contribution < -0.4 is 10.5 Å². The third kappa shape index (κ3) is 4.63. The molecule has 0 bridgehead atoms. The number of thiophene rings is 1. The number of nitrogens with one attached hydrogen (secondary N) is 1. The molecule has 0 atom stereocenters. The summed E-state index contributed by atoms with van der Waals surface area (Å²) in [5, 5.41) is 0. The fourth-order valence-electron chi connectivity index (χ4n) is 1.24. The van der Waals surface area contributed by atoms with E-state index in [1.165, 1.54) is 11.3 Å². The lowest BCUT2D eigenvalue weighted by molar-refractivity contribution is 0.580. The first kappa shape index (κ1) is 15.0. The highest BCUT2D eigenvalue weighted by molar-refractivity contribution is 9.11. The molecular weight excluding hydrogens is 344 g/mol. The molecule has 0 saturated heterocycles. The Morgan fingerprint density at radius 3 is 2.76 bits per heavy atom. The van der Waals surface area contributed by atoms with Gasteiger partial charge in [0.15, 0.2) is 0 Å². The van der Waals surface area contributed by atoms with Crippen LogP contribution in [0.5, 0.6) is 0 Å². The largest absolute Gasteiger partial charge is 0.393 e. The number of nitrogens with two attached hydrogens (primary N) is 1. The molecular formula is C9H13BrN2O2S3. The fourth-order valence-corrected chi connectivity index (χ4v) is 4.88. The zero-order chi connectivity index (χ0) is 13.1. The third-order valence-electron chi connectivity index (χ3n) is 2.02. The smallest absolute Gasteiger partial charge is 0.241 e. The summed E-state index contributed by atoms with van der Waals surface area (Å²) < 4.78 is 27.2. The van der Waals surface area contributed by atoms with Gasteiger partial charge in [-0.1, -0.05) is 12.2 Å². The van der Waals surface area contributed by atoms with E-state index in [2.05, 4.69) is 20.7 Å². The normalized spacial score (nSPS) is 11.6. The van der Waals surface area contributed by atoms with E-state index in [0.717, 1.165) is 8.66 Å². The van der Waals surface area contributed by atoms with Gasteiger partial charge in [0, 0.05) is 11.4 Å². The first-order valence-electron chi connectivity index (χ1n) is 4.87. The van der Waals surface area contributed by atoms with Crippen LogP contribution in [0.15, 0.2) is 14.7 Å². The summed E-state index contributed by atoms with van der Waals surface area (Å²) in [7, 11) is -3.42. The summed E-state index contributed by atoms with van der Waals surface area (Å²) in [5.74, 6) is 0. The predicted molar refractivity (Wildman–Crippen MR) is 78.0 cm³/mol. The van der Waals surface area contributed by atoms with Crippen molar-refractivity contribution in [3.05, 3.63) is 14.7 Å². The number of hydrogen-bond donors (Lipinski definition) is 2. The van der Waals surface area contributed by atoms with Gasteiger partial charge in [0.1, 0.15) is 0 Å². The molecule has 96 valence electrons. The van der Waals surface area contributed by atoms with Gasteiger partial charge in [0.05, 0.1) is 13.7 Å². The van der Waals surface area contributed by atoms with E-state index >= 15 is 0 Å². The Morgan fingerprint density at radius 2 is 2.29 bits per heavy atom. The molecule has 0 aliphatic carbocycles. The van der Waals surface area contributed by atoms with E-state index in [9.17, 15) is 8.42 Å². The maximum absolute atomic E-state index is 11.9. The molecule has 1 heterocycles. The summed E-state index contributed by atoms with van der Waals surface area (Å²) >= 11 is 9.38. The van der Waals surface area contributed by atoms with Gasteiger partial charge in [0.25, 0.3) is 0 Å². The van der Waals surface area contributed by atoms with Gasteiger partial charge in [-0.2, -0.15) is 0 Å². The maximum Gasteiger partial charge on any atom is 0.241 e. The second-order valence-electron chi connectivity index (χ2n) is 3.44. The highest BCUT2D eigenvalue weighted by Crippen LogP contribution is 2.29. The standard InChI is InChI=1S/C9H13BrN2O2S3/c1-6-7(5-8(10)16-6)17(13,14)12-4-2-3-9(11)15/h5,12H,2-4H2,1H3,(H2,11,15). The van der Waals surface area contributed by atoms with Crippen molar-refractivity contribution < 1.29 is 8.42 Å². The highest BCUT2D eigenvalue weighted by atomic mass is 79.9. The zero-order valence-corrected chi connectivity index (χ0v) is 13.2. The van der Waals surface area contributed by atoms with Crippen molar-refractivity contribution in [1.29, 1.82) is 0 Å². The number of sulfonamides is 1. The molecule has 0 saturated carbocycles. The second-order valence-corrected chi connectivity index (χ2v) is 8.33. The predicted octanol–water partition coefficient (Wildman–Crippen LogP) is 2.16. The molecule has 8 heteroatoms. The molecule has 1 aromatic rings. The molecule has 1 rings (SSSR count). The quantitative estimate of drug-likeness (QED) is 0.605. The fraction of sp³-hybridized carbons (Fsp3) is 0.444. The van der Waals surface area contributed by atoms with Crippen LogP contribution in [-0.4, -0.2) is 20.0 Å². The summed E-state index contributed by atoms with van der Waals surface area (Å²) in [4.78, 5) is 1.49. The summed E-state index contributed by atoms with van der Waals surface area (Å²) in [6.07, 6.45) is 1.16. The van der Waals surface area contributed by atoms with E-state index in [1.54, 1.807) is 13.0 Å². The van der Waals surface area contributed by atoms with Crippen molar-refractivity contribution in [2.24, 2.45) is 5.73 Å². The van der Waals surface area contributed by atoms with Crippen LogP contribution in [0.1, 0.15) is 17.7 Å². The van der Waals surface area contributed by atoms with Crippen molar-refractivity contribution in [2.75, 3.05) is 6.54 Å². The molecule has 4 nitrogen and oxygen atoms in total. The summed E-state index contributed by atoms with van der Waals surface area (Å²) in [6.45, 7) is 2.12. The van der Waals surface area contributed by atoms with Crippen molar-refractivity contribution in [2.45, 2.75) is 24.7 Å². The van der Waals surface area contributed by atoms with Crippen LogP contribution in [-0.2, 0) is 10.0 Å². The van der Waals surface area contributed by atoms with Crippen LogP contribution in [0.4, 0.5) is 0 Å². The van der Waals surface area contributed by atoms with Gasteiger partial charge >= 0.3 is 0 Å². The molecule has 17 heavy (non-hydrogen) atoms. The van der Waals surface area contributed by atoms with Gasteiger partial charge in [0.2, 0.25) is 10.0 Å². The lowest BCUT2D eigenvalue weighted by Crippen LogP contribution is -2.25. The molecule has 0 radical (unpaired) electrons. The Kier molecular flexibility index (Phi) is 5.52. The van der Waals surface area contributed by atoms with E-state index in [1.807, 2.05) is 0 Å². The number of rotatable bonds is 6. The van der Waals surface area contributed by atoms with Crippen LogP contribution in [0.3, 0.4) is 0 Å². The van der Waals surface area contributed by atoms with Crippen LogP contribution in [0.25, 0.3) is 0 Å². The number of aryl methyl sites for hydroxylation is 1. The lowest BCUT2D eigenvalue weighted by atomic mass is 10.3. The van der Waals surface area contributed by atoms with Crippen LogP contribution in [0.2, 0.25) is 0 Å². The van der Waals surface area contributed by atoms with Crippen molar-refractivity contribution in [1.82, 2.24) is 4.72 Å². The number of thiocarbonyl (C=S) groups is 1. The molecule has 0 aliphatic rings. The zero-order valence-electron chi connectivity index (χ0n) is 9.20. The summed E-state index contributed by atoms with van der Waals surface area (Å²) in [5.41, 5.74) is 5.33. The van der Waals surface area contributed by atoms with Gasteiger partial charge < -0.3 is 5.73 Å². The maximum atomic E-state index is 11.9. The average Bonchev–Trinajstić information content (AvgIpc) is 2.53. The Labute approximate surface area is 119 Å². The molecule has 0 fully saturated rings. The van der Waals surface area contributed by atoms with E-state index < -0.39 is 10.0 Å². The Bertz CT molecular complexity index is 510. The molecule has 0 spiro atoms. The SMILES string of the molecule is Cc1sc(Br)cc1S(=O)(=O)NCCCC(N)=S. The van der Waals surface area contributed by atoms with Crippen molar-refractivity contribution >= 4 is 54.5 Å². The summed E-state index contributed by atoms with van der Waals surface area (Å²) in [6, 6.07) is 1.61. The minimum atomic E-state index is -3.42. The van der Waals surface area contributed by atoms with Gasteiger partial charge in [-0.3, -0.25) is 0 Å². The molecule has 0 aliphatic heterocycles. The van der Waals surface area contributed by atoms with E-state index in [0.29, 0.717) is 29.3 Å². The Hall–Kier alpha value is -0.0200. The Balaban J connectivity index is 2.63. The monoisotopic (exact) mass is 356 g/mol. The third-order valence-corrected chi connectivity index (χ3v) is 5.50. The van der Waals surface area contributed by atoms with E-state index in [-0.39, 0.29) is 0 Å². The number of hydrogen-bond acceptors (Lipinski definition) is 4. The molecule has 0 unspecified atom stereocenters. The topological polar surface area (TPSA) is 72.2 Å². The average molecular weight is 357 g/mol. The van der Waals surface area contributed by atoms with Crippen molar-refractivity contribution in [3.63, 3.8) is 0 Å². The van der Waals surface area contributed by atoms with Crippen LogP contribution >= 0.6 is 39.5 Å². The molecule has 1 aromatic heterocycles. The van der Waals surface area contributed by atoms with Gasteiger partial charge in [-0.25, -0.2) is 13.1 Å². The minimum absolute atomic E-state index is 0.324. The van der Waals surface area contributed by atoms with Crippen molar-refractivity contribution in [3.8, 4) is 0 Å². The first-order valence-corrected chi connectivity index (χ1v) is 8.37. The van der Waals surface area contributed by atoms with Gasteiger partial charge in [-0.15, -0.1) is 11.3 Å². The lowest BCUT2D eigenvalue weighted by Gasteiger charge is -2.05. The molecule has 0 aromatic carbocycles. The van der Waals surface area contributed by atoms with Crippen LogP contribution in [0, 0.1) is 6.92 Å². The number of halogens is 1. The Morgan fingerprint density at radius 1 is 1.65 bits per heavy atom. The minimum Gasteiger partial charge on any atom is -0.393 e. The second kappa shape index (κ2) is 6.24. The molecule has 0 amide bonds. The first-order chi connectivity index (χ1) is 7.83. The molecule has 3 N–H and O–H groups in total. The van der Waals surface area contributed by atoms with E-state index in [4.69, 9.17) is 18.0 Å². The highest BCUT2D eigenvalue weighted by Gasteiger charge is 2.18.